The van der Waals surface area contributed by atoms with Crippen molar-refractivity contribution in [1.29, 1.82) is 0 Å². The van der Waals surface area contributed by atoms with Crippen LogP contribution in [0.2, 0.25) is 0 Å². The summed E-state index contributed by atoms with van der Waals surface area (Å²) in [7, 11) is 0. The average Bonchev–Trinajstić information content (AvgIpc) is 2.50. The maximum absolute atomic E-state index is 12.1. The van der Waals surface area contributed by atoms with Crippen LogP contribution in [0, 0.1) is 0 Å². The molecule has 0 saturated carbocycles. The van der Waals surface area contributed by atoms with E-state index in [1.165, 1.54) is 0 Å². The highest BCUT2D eigenvalue weighted by Crippen LogP contribution is 2.27. The molecule has 17 heavy (non-hydrogen) atoms. The van der Waals surface area contributed by atoms with Gasteiger partial charge in [0.2, 0.25) is 0 Å². The molecular weight excluding hydrogens is 214 g/mol. The molecule has 4 heteroatoms. The Morgan fingerprint density at radius 2 is 2.00 bits per heavy atom. The van der Waals surface area contributed by atoms with Gasteiger partial charge < -0.3 is 5.32 Å². The molecule has 2 N–H and O–H groups in total. The zero-order valence-corrected chi connectivity index (χ0v) is 11.7. The lowest BCUT2D eigenvalue weighted by molar-refractivity contribution is -0.124. The lowest BCUT2D eigenvalue weighted by Crippen LogP contribution is -2.47. The smallest absolute Gasteiger partial charge is 0.254 e. The molecule has 4 nitrogen and oxygen atoms in total. The summed E-state index contributed by atoms with van der Waals surface area (Å²) in [5.41, 5.74) is -0.621. The van der Waals surface area contributed by atoms with E-state index in [-0.39, 0.29) is 11.4 Å². The number of nitrogens with one attached hydrogen (secondary N) is 2. The average molecular weight is 239 g/mol. The van der Waals surface area contributed by atoms with Crippen molar-refractivity contribution >= 4 is 11.9 Å². The SMILES string of the molecule is CCCCC1(CC)N=C(NC(C)(C)C)NC1=O. The van der Waals surface area contributed by atoms with Crippen LogP contribution in [-0.4, -0.2) is 22.9 Å². The third-order valence-electron chi connectivity index (χ3n) is 3.00. The van der Waals surface area contributed by atoms with Crippen LogP contribution in [0.1, 0.15) is 60.3 Å². The Balaban J connectivity index is 2.81. The molecule has 1 unspecified atom stereocenters. The van der Waals surface area contributed by atoms with E-state index in [0.29, 0.717) is 5.96 Å². The van der Waals surface area contributed by atoms with E-state index in [4.69, 9.17) is 0 Å². The number of aliphatic imine (C=N–C) groups is 1. The van der Waals surface area contributed by atoms with Crippen molar-refractivity contribution in [2.75, 3.05) is 0 Å². The number of guanidine groups is 1. The van der Waals surface area contributed by atoms with Gasteiger partial charge in [0.05, 0.1) is 0 Å². The van der Waals surface area contributed by atoms with E-state index in [0.717, 1.165) is 25.7 Å². The van der Waals surface area contributed by atoms with Crippen molar-refractivity contribution in [3.8, 4) is 0 Å². The van der Waals surface area contributed by atoms with Crippen LogP contribution in [0.25, 0.3) is 0 Å². The predicted octanol–water partition coefficient (Wildman–Crippen LogP) is 2.20. The van der Waals surface area contributed by atoms with E-state index in [1.54, 1.807) is 0 Å². The molecule has 1 heterocycles. The van der Waals surface area contributed by atoms with Crippen LogP contribution in [0.15, 0.2) is 4.99 Å². The van der Waals surface area contributed by atoms with Gasteiger partial charge in [0.1, 0.15) is 5.54 Å². The topological polar surface area (TPSA) is 53.5 Å². The Morgan fingerprint density at radius 1 is 1.35 bits per heavy atom. The Labute approximate surface area is 104 Å². The Kier molecular flexibility index (Phi) is 4.17. The molecule has 0 radical (unpaired) electrons. The lowest BCUT2D eigenvalue weighted by Gasteiger charge is -2.21. The maximum Gasteiger partial charge on any atom is 0.254 e. The summed E-state index contributed by atoms with van der Waals surface area (Å²) in [6.07, 6.45) is 3.72. The van der Waals surface area contributed by atoms with Crippen LogP contribution in [-0.2, 0) is 4.79 Å². The second-order valence-electron chi connectivity index (χ2n) is 5.78. The molecule has 0 fully saturated rings. The standard InChI is InChI=1S/C13H25N3O/c1-6-8-9-13(7-2)10(17)14-11(16-13)15-12(3,4)5/h6-9H2,1-5H3,(H2,14,15,16,17). The van der Waals surface area contributed by atoms with Gasteiger partial charge in [-0.1, -0.05) is 26.7 Å². The summed E-state index contributed by atoms with van der Waals surface area (Å²) in [5.74, 6) is 0.667. The van der Waals surface area contributed by atoms with Crippen LogP contribution >= 0.6 is 0 Å². The minimum Gasteiger partial charge on any atom is -0.351 e. The molecule has 0 aliphatic carbocycles. The summed E-state index contributed by atoms with van der Waals surface area (Å²) in [6, 6.07) is 0. The molecule has 1 amide bonds. The van der Waals surface area contributed by atoms with E-state index >= 15 is 0 Å². The number of unbranched alkanes of at least 4 members (excludes halogenated alkanes) is 1. The summed E-state index contributed by atoms with van der Waals surface area (Å²) in [4.78, 5) is 16.7. The molecule has 1 rings (SSSR count). The summed E-state index contributed by atoms with van der Waals surface area (Å²) in [6.45, 7) is 10.3. The van der Waals surface area contributed by atoms with Crippen LogP contribution in [0.3, 0.4) is 0 Å². The summed E-state index contributed by atoms with van der Waals surface area (Å²) >= 11 is 0. The first-order valence-electron chi connectivity index (χ1n) is 6.52. The van der Waals surface area contributed by atoms with Gasteiger partial charge in [-0.3, -0.25) is 10.1 Å². The first-order valence-corrected chi connectivity index (χ1v) is 6.52. The maximum atomic E-state index is 12.1. The zero-order chi connectivity index (χ0) is 13.1. The fourth-order valence-electron chi connectivity index (χ4n) is 1.99. The summed E-state index contributed by atoms with van der Waals surface area (Å²) < 4.78 is 0. The second-order valence-corrected chi connectivity index (χ2v) is 5.78. The van der Waals surface area contributed by atoms with E-state index < -0.39 is 5.54 Å². The van der Waals surface area contributed by atoms with Crippen molar-refractivity contribution in [1.82, 2.24) is 10.6 Å². The van der Waals surface area contributed by atoms with Gasteiger partial charge in [-0.2, -0.15) is 0 Å². The molecule has 1 aliphatic rings. The molecule has 0 saturated heterocycles. The number of hydrogen-bond acceptors (Lipinski definition) is 3. The molecule has 0 aromatic rings. The first-order chi connectivity index (χ1) is 7.83. The largest absolute Gasteiger partial charge is 0.351 e. The van der Waals surface area contributed by atoms with Gasteiger partial charge in [0.25, 0.3) is 5.91 Å². The number of carbonyl (C=O) groups is 1. The second kappa shape index (κ2) is 5.07. The molecule has 1 aliphatic heterocycles. The molecule has 0 aromatic carbocycles. The number of nitrogens with zero attached hydrogens (tertiary/aromatic N) is 1. The van der Waals surface area contributed by atoms with Crippen molar-refractivity contribution in [3.63, 3.8) is 0 Å². The molecular formula is C13H25N3O. The van der Waals surface area contributed by atoms with Gasteiger partial charge >= 0.3 is 0 Å². The molecule has 98 valence electrons. The number of hydrogen-bond donors (Lipinski definition) is 2. The van der Waals surface area contributed by atoms with Gasteiger partial charge in [0.15, 0.2) is 5.96 Å². The Bertz CT molecular complexity index is 317. The molecule has 1 atom stereocenters. The molecule has 0 spiro atoms. The van der Waals surface area contributed by atoms with Gasteiger partial charge in [0, 0.05) is 5.54 Å². The molecule has 0 aromatic heterocycles. The number of rotatable bonds is 4. The van der Waals surface area contributed by atoms with Crippen molar-refractivity contribution in [3.05, 3.63) is 0 Å². The van der Waals surface area contributed by atoms with Gasteiger partial charge in [-0.05, 0) is 33.6 Å². The first kappa shape index (κ1) is 14.0. The number of carbonyl (C=O) groups excluding carboxylic acids is 1. The van der Waals surface area contributed by atoms with Crippen molar-refractivity contribution in [2.45, 2.75) is 71.4 Å². The van der Waals surface area contributed by atoms with Crippen molar-refractivity contribution < 1.29 is 4.79 Å². The van der Waals surface area contributed by atoms with E-state index in [1.807, 2.05) is 6.92 Å². The minimum atomic E-state index is -0.538. The fourth-order valence-corrected chi connectivity index (χ4v) is 1.99. The normalized spacial score (nSPS) is 24.5. The Hall–Kier alpha value is -1.06. The summed E-state index contributed by atoms with van der Waals surface area (Å²) in [5, 5.41) is 6.09. The third kappa shape index (κ3) is 3.45. The quantitative estimate of drug-likeness (QED) is 0.790. The van der Waals surface area contributed by atoms with E-state index in [2.05, 4.69) is 43.3 Å². The van der Waals surface area contributed by atoms with Crippen LogP contribution < -0.4 is 10.6 Å². The van der Waals surface area contributed by atoms with Gasteiger partial charge in [-0.15, -0.1) is 0 Å². The molecule has 0 bridgehead atoms. The monoisotopic (exact) mass is 239 g/mol. The van der Waals surface area contributed by atoms with E-state index in [9.17, 15) is 4.79 Å². The highest BCUT2D eigenvalue weighted by molar-refractivity contribution is 6.07. The van der Waals surface area contributed by atoms with Crippen LogP contribution in [0.4, 0.5) is 0 Å². The number of amides is 1. The fraction of sp³-hybridized carbons (Fsp3) is 0.846. The van der Waals surface area contributed by atoms with Crippen molar-refractivity contribution in [2.24, 2.45) is 4.99 Å². The predicted molar refractivity (Wildman–Crippen MR) is 71.0 cm³/mol. The highest BCUT2D eigenvalue weighted by atomic mass is 16.2. The van der Waals surface area contributed by atoms with Crippen LogP contribution in [0.5, 0.6) is 0 Å². The van der Waals surface area contributed by atoms with Gasteiger partial charge in [-0.25, -0.2) is 4.99 Å². The Morgan fingerprint density at radius 3 is 2.47 bits per heavy atom. The third-order valence-corrected chi connectivity index (χ3v) is 3.00. The minimum absolute atomic E-state index is 0.0419. The highest BCUT2D eigenvalue weighted by Gasteiger charge is 2.41. The lowest BCUT2D eigenvalue weighted by atomic mass is 9.90. The zero-order valence-electron chi connectivity index (χ0n) is 11.7.